The highest BCUT2D eigenvalue weighted by Crippen LogP contribution is 2.07. The summed E-state index contributed by atoms with van der Waals surface area (Å²) in [6.07, 6.45) is 1.71. The quantitative estimate of drug-likeness (QED) is 0.468. The molecule has 0 spiro atoms. The van der Waals surface area contributed by atoms with E-state index in [9.17, 15) is 0 Å². The highest BCUT2D eigenvalue weighted by atomic mass is 15.2. The second-order valence-electron chi connectivity index (χ2n) is 2.75. The molecule has 2 heteroatoms. The number of benzene rings is 1. The Morgan fingerprint density at radius 2 is 2.08 bits per heavy atom. The van der Waals surface area contributed by atoms with Crippen molar-refractivity contribution in [3.63, 3.8) is 0 Å². The van der Waals surface area contributed by atoms with Crippen LogP contribution < -0.4 is 0 Å². The topological polar surface area (TPSA) is 24.7 Å². The Labute approximate surface area is 72.7 Å². The van der Waals surface area contributed by atoms with Crippen LogP contribution in [0.4, 0.5) is 0 Å². The molecule has 62 valence electrons. The maximum absolute atomic E-state index is 3.72. The molecule has 0 amide bonds. The van der Waals surface area contributed by atoms with Gasteiger partial charge >= 0.3 is 0 Å². The van der Waals surface area contributed by atoms with Gasteiger partial charge in [-0.3, -0.25) is 0 Å². The summed E-state index contributed by atoms with van der Waals surface area (Å²) in [5.41, 5.74) is 3.56. The molecule has 0 bridgehead atoms. The fourth-order valence-electron chi connectivity index (χ4n) is 1.07. The summed E-state index contributed by atoms with van der Waals surface area (Å²) < 4.78 is 0. The molecule has 0 aliphatic rings. The fourth-order valence-corrected chi connectivity index (χ4v) is 1.07. The van der Waals surface area contributed by atoms with Gasteiger partial charge in [-0.1, -0.05) is 23.8 Å². The van der Waals surface area contributed by atoms with Gasteiger partial charge in [0.25, 0.3) is 0 Å². The van der Waals surface area contributed by atoms with Gasteiger partial charge in [-0.15, -0.1) is 0 Å². The molecule has 0 fully saturated rings. The second-order valence-corrected chi connectivity index (χ2v) is 2.75. The van der Waals surface area contributed by atoms with Crippen LogP contribution in [0, 0.1) is 13.8 Å². The average Bonchev–Trinajstić information content (AvgIpc) is 2.03. The molecule has 0 aromatic heterocycles. The van der Waals surface area contributed by atoms with Gasteiger partial charge in [-0.2, -0.15) is 10.2 Å². The van der Waals surface area contributed by atoms with Crippen molar-refractivity contribution < 1.29 is 0 Å². The minimum Gasteiger partial charge on any atom is -0.167 e. The molecule has 0 saturated carbocycles. The molecule has 0 aliphatic carbocycles. The number of aryl methyl sites for hydroxylation is 2. The lowest BCUT2D eigenvalue weighted by atomic mass is 10.1. The Balaban J connectivity index is 3.01. The second kappa shape index (κ2) is 3.81. The van der Waals surface area contributed by atoms with Crippen LogP contribution in [0.25, 0.3) is 0 Å². The van der Waals surface area contributed by atoms with Gasteiger partial charge < -0.3 is 0 Å². The van der Waals surface area contributed by atoms with Gasteiger partial charge in [0.05, 0.1) is 6.21 Å². The van der Waals surface area contributed by atoms with Crippen molar-refractivity contribution in [3.05, 3.63) is 34.9 Å². The molecule has 0 aliphatic heterocycles. The Bertz CT molecular complexity index is 314. The smallest absolute Gasteiger partial charge is 0.0570 e. The molecule has 0 unspecified atom stereocenters. The average molecular weight is 160 g/mol. The Hall–Kier alpha value is -1.44. The number of hydrogen-bond acceptors (Lipinski definition) is 2. The largest absolute Gasteiger partial charge is 0.167 e. The first-order valence-electron chi connectivity index (χ1n) is 3.80. The van der Waals surface area contributed by atoms with E-state index in [-0.39, 0.29) is 0 Å². The van der Waals surface area contributed by atoms with Crippen molar-refractivity contribution in [1.29, 1.82) is 0 Å². The van der Waals surface area contributed by atoms with E-state index in [1.54, 1.807) is 6.21 Å². The Morgan fingerprint density at radius 1 is 1.33 bits per heavy atom. The van der Waals surface area contributed by atoms with Crippen molar-refractivity contribution in [3.8, 4) is 0 Å². The maximum Gasteiger partial charge on any atom is 0.0570 e. The zero-order valence-electron chi connectivity index (χ0n) is 7.41. The molecule has 0 atom stereocenters. The predicted octanol–water partition coefficient (Wildman–Crippen LogP) is 2.34. The van der Waals surface area contributed by atoms with Crippen LogP contribution in [-0.2, 0) is 0 Å². The highest BCUT2D eigenvalue weighted by Gasteiger charge is 1.93. The molecule has 1 aromatic carbocycles. The van der Waals surface area contributed by atoms with Crippen molar-refractivity contribution in [2.24, 2.45) is 10.2 Å². The number of nitrogens with zero attached hydrogens (tertiary/aromatic N) is 2. The highest BCUT2D eigenvalue weighted by molar-refractivity contribution is 5.81. The standard InChI is InChI=1S/C10H12N2/c1-8-4-5-10(7-12-11-3)9(2)6-8/h4-7H,3H2,1-2H3/b12-7-. The molecule has 0 heterocycles. The lowest BCUT2D eigenvalue weighted by Gasteiger charge is -1.99. The van der Waals surface area contributed by atoms with E-state index in [1.807, 2.05) is 6.07 Å². The van der Waals surface area contributed by atoms with E-state index in [1.165, 1.54) is 11.1 Å². The molecular weight excluding hydrogens is 148 g/mol. The summed E-state index contributed by atoms with van der Waals surface area (Å²) in [5, 5.41) is 7.14. The molecule has 0 N–H and O–H groups in total. The molecular formula is C10H12N2. The van der Waals surface area contributed by atoms with Crippen LogP contribution in [0.2, 0.25) is 0 Å². The van der Waals surface area contributed by atoms with E-state index in [0.717, 1.165) is 5.56 Å². The Kier molecular flexibility index (Phi) is 2.75. The third-order valence-corrected chi connectivity index (χ3v) is 1.70. The van der Waals surface area contributed by atoms with Gasteiger partial charge in [0, 0.05) is 6.72 Å². The minimum atomic E-state index is 1.09. The van der Waals surface area contributed by atoms with Crippen molar-refractivity contribution in [2.75, 3.05) is 0 Å². The van der Waals surface area contributed by atoms with Gasteiger partial charge in [-0.25, -0.2) is 0 Å². The lowest BCUT2D eigenvalue weighted by Crippen LogP contribution is -1.86. The summed E-state index contributed by atoms with van der Waals surface area (Å²) in [6, 6.07) is 6.20. The minimum absolute atomic E-state index is 1.09. The van der Waals surface area contributed by atoms with Crippen LogP contribution in [0.1, 0.15) is 16.7 Å². The van der Waals surface area contributed by atoms with E-state index in [0.29, 0.717) is 0 Å². The van der Waals surface area contributed by atoms with Gasteiger partial charge in [0.1, 0.15) is 0 Å². The van der Waals surface area contributed by atoms with Crippen LogP contribution in [0.15, 0.2) is 28.4 Å². The van der Waals surface area contributed by atoms with Crippen LogP contribution >= 0.6 is 0 Å². The summed E-state index contributed by atoms with van der Waals surface area (Å²) in [5.74, 6) is 0. The van der Waals surface area contributed by atoms with E-state index in [2.05, 4.69) is 42.9 Å². The van der Waals surface area contributed by atoms with E-state index >= 15 is 0 Å². The monoisotopic (exact) mass is 160 g/mol. The molecule has 1 aromatic rings. The van der Waals surface area contributed by atoms with Crippen LogP contribution in [0.3, 0.4) is 0 Å². The first-order valence-corrected chi connectivity index (χ1v) is 3.80. The van der Waals surface area contributed by atoms with Gasteiger partial charge in [0.2, 0.25) is 0 Å². The molecule has 2 nitrogen and oxygen atoms in total. The maximum atomic E-state index is 3.72. The predicted molar refractivity (Wildman–Crippen MR) is 53.1 cm³/mol. The molecule has 0 saturated heterocycles. The first-order chi connectivity index (χ1) is 5.74. The summed E-state index contributed by atoms with van der Waals surface area (Å²) in [7, 11) is 0. The Morgan fingerprint density at radius 3 is 2.67 bits per heavy atom. The third-order valence-electron chi connectivity index (χ3n) is 1.70. The zero-order valence-corrected chi connectivity index (χ0v) is 7.41. The summed E-state index contributed by atoms with van der Waals surface area (Å²) in [4.78, 5) is 0. The van der Waals surface area contributed by atoms with Crippen molar-refractivity contribution >= 4 is 12.9 Å². The van der Waals surface area contributed by atoms with Gasteiger partial charge in [0.15, 0.2) is 0 Å². The molecule has 1 rings (SSSR count). The first kappa shape index (κ1) is 8.65. The summed E-state index contributed by atoms with van der Waals surface area (Å²) in [6.45, 7) is 7.40. The lowest BCUT2D eigenvalue weighted by molar-refractivity contribution is 1.27. The molecule has 12 heavy (non-hydrogen) atoms. The summed E-state index contributed by atoms with van der Waals surface area (Å²) >= 11 is 0. The SMILES string of the molecule is C=N/N=C\c1ccc(C)cc1C. The van der Waals surface area contributed by atoms with E-state index in [4.69, 9.17) is 0 Å². The van der Waals surface area contributed by atoms with Crippen LogP contribution in [-0.4, -0.2) is 12.9 Å². The van der Waals surface area contributed by atoms with Crippen molar-refractivity contribution in [1.82, 2.24) is 0 Å². The number of rotatable bonds is 2. The van der Waals surface area contributed by atoms with Crippen LogP contribution in [0.5, 0.6) is 0 Å². The van der Waals surface area contributed by atoms with Gasteiger partial charge in [-0.05, 0) is 25.0 Å². The van der Waals surface area contributed by atoms with Crippen molar-refractivity contribution in [2.45, 2.75) is 13.8 Å². The number of hydrogen-bond donors (Lipinski definition) is 0. The third kappa shape index (κ3) is 2.02. The zero-order chi connectivity index (χ0) is 8.97. The van der Waals surface area contributed by atoms with E-state index < -0.39 is 0 Å². The molecule has 0 radical (unpaired) electrons. The normalized spacial score (nSPS) is 10.5. The fraction of sp³-hybridized carbons (Fsp3) is 0.200.